The van der Waals surface area contributed by atoms with Crippen molar-refractivity contribution in [2.24, 2.45) is 23.7 Å². The highest BCUT2D eigenvalue weighted by molar-refractivity contribution is 9.09. The number of halogens is 1. The van der Waals surface area contributed by atoms with Crippen LogP contribution in [-0.2, 0) is 24.0 Å². The Labute approximate surface area is 159 Å². The van der Waals surface area contributed by atoms with Crippen LogP contribution < -0.4 is 0 Å². The van der Waals surface area contributed by atoms with Gasteiger partial charge in [0, 0.05) is 30.2 Å². The molecule has 144 valence electrons. The zero-order valence-electron chi connectivity index (χ0n) is 15.5. The normalized spacial score (nSPS) is 51.8. The summed E-state index contributed by atoms with van der Waals surface area (Å²) in [5, 5.41) is 1.01. The Morgan fingerprint density at radius 3 is 2.72 bits per heavy atom. The molecule has 0 N–H and O–H groups in total. The molecule has 8 atom stereocenters. The lowest BCUT2D eigenvalue weighted by Gasteiger charge is -2.60. The maximum Gasteiger partial charge on any atom is 0.201 e. The SMILES string of the molecule is C[C@H]1[C@@H](OCCCCBr)O[C@@H]2OC3(C)CCC4[C@H](C)CC[C@@H]1[C@]42OO3. The van der Waals surface area contributed by atoms with Crippen molar-refractivity contribution in [2.45, 2.75) is 83.3 Å². The van der Waals surface area contributed by atoms with Crippen molar-refractivity contribution in [3.63, 3.8) is 0 Å². The van der Waals surface area contributed by atoms with Crippen molar-refractivity contribution < 1.29 is 24.0 Å². The van der Waals surface area contributed by atoms with E-state index in [2.05, 4.69) is 29.8 Å². The Morgan fingerprint density at radius 2 is 1.92 bits per heavy atom. The molecule has 1 spiro atoms. The summed E-state index contributed by atoms with van der Waals surface area (Å²) in [4.78, 5) is 12.0. The van der Waals surface area contributed by atoms with Crippen LogP contribution in [0.5, 0.6) is 0 Å². The maximum absolute atomic E-state index is 6.38. The monoisotopic (exact) mass is 418 g/mol. The highest BCUT2D eigenvalue weighted by Crippen LogP contribution is 2.60. The minimum atomic E-state index is -0.710. The summed E-state index contributed by atoms with van der Waals surface area (Å²) in [6.45, 7) is 7.26. The van der Waals surface area contributed by atoms with E-state index in [1.807, 2.05) is 6.92 Å². The quantitative estimate of drug-likeness (QED) is 0.376. The van der Waals surface area contributed by atoms with E-state index in [0.29, 0.717) is 17.8 Å². The van der Waals surface area contributed by atoms with Crippen LogP contribution >= 0.6 is 15.9 Å². The zero-order valence-corrected chi connectivity index (χ0v) is 17.1. The predicted octanol–water partition coefficient (Wildman–Crippen LogP) is 4.39. The number of unbranched alkanes of at least 4 members (excludes halogenated alkanes) is 1. The zero-order chi connectivity index (χ0) is 17.7. The lowest BCUT2D eigenvalue weighted by atomic mass is 9.58. The first-order valence-electron chi connectivity index (χ1n) is 9.88. The van der Waals surface area contributed by atoms with E-state index in [0.717, 1.165) is 44.0 Å². The number of alkyl halides is 1. The van der Waals surface area contributed by atoms with Gasteiger partial charge in [-0.1, -0.05) is 29.8 Å². The molecular weight excluding hydrogens is 388 g/mol. The van der Waals surface area contributed by atoms with Crippen LogP contribution in [0.1, 0.15) is 59.3 Å². The van der Waals surface area contributed by atoms with Gasteiger partial charge in [-0.15, -0.1) is 0 Å². The molecule has 6 heteroatoms. The van der Waals surface area contributed by atoms with Crippen LogP contribution in [0.2, 0.25) is 0 Å². The average Bonchev–Trinajstić information content (AvgIpc) is 2.82. The Bertz CT molecular complexity index is 490. The largest absolute Gasteiger partial charge is 0.352 e. The van der Waals surface area contributed by atoms with Crippen LogP contribution in [0.3, 0.4) is 0 Å². The Morgan fingerprint density at radius 1 is 1.08 bits per heavy atom. The first-order valence-corrected chi connectivity index (χ1v) is 11.0. The lowest BCUT2D eigenvalue weighted by Crippen LogP contribution is -2.70. The fourth-order valence-electron chi connectivity index (χ4n) is 5.46. The van der Waals surface area contributed by atoms with E-state index in [9.17, 15) is 0 Å². The summed E-state index contributed by atoms with van der Waals surface area (Å²) in [5.41, 5.74) is -0.483. The van der Waals surface area contributed by atoms with Gasteiger partial charge in [0.2, 0.25) is 5.79 Å². The number of fused-ring (bicyclic) bond motifs is 2. The lowest BCUT2D eigenvalue weighted by molar-refractivity contribution is -0.577. The van der Waals surface area contributed by atoms with Gasteiger partial charge in [0.05, 0.1) is 0 Å². The smallest absolute Gasteiger partial charge is 0.201 e. The molecule has 4 heterocycles. The van der Waals surface area contributed by atoms with Gasteiger partial charge in [-0.3, -0.25) is 0 Å². The summed E-state index contributed by atoms with van der Waals surface area (Å²) >= 11 is 3.47. The van der Waals surface area contributed by atoms with E-state index in [-0.39, 0.29) is 12.2 Å². The molecule has 5 aliphatic rings. The molecule has 1 aliphatic carbocycles. The molecule has 0 aromatic carbocycles. The minimum absolute atomic E-state index is 0.225. The topological polar surface area (TPSA) is 46.2 Å². The maximum atomic E-state index is 6.38. The molecule has 25 heavy (non-hydrogen) atoms. The van der Waals surface area contributed by atoms with Crippen molar-refractivity contribution in [1.29, 1.82) is 0 Å². The fourth-order valence-corrected chi connectivity index (χ4v) is 5.86. The van der Waals surface area contributed by atoms with Gasteiger partial charge >= 0.3 is 0 Å². The Balaban J connectivity index is 1.58. The number of hydrogen-bond donors (Lipinski definition) is 0. The van der Waals surface area contributed by atoms with Crippen LogP contribution in [0.4, 0.5) is 0 Å². The Kier molecular flexibility index (Phi) is 5.24. The second-order valence-corrected chi connectivity index (χ2v) is 9.33. The predicted molar refractivity (Wildman–Crippen MR) is 95.8 cm³/mol. The molecule has 5 nitrogen and oxygen atoms in total. The molecule has 4 saturated heterocycles. The van der Waals surface area contributed by atoms with Gasteiger partial charge < -0.3 is 14.2 Å². The van der Waals surface area contributed by atoms with Crippen LogP contribution in [-0.4, -0.2) is 35.9 Å². The van der Waals surface area contributed by atoms with Gasteiger partial charge in [0.25, 0.3) is 0 Å². The van der Waals surface area contributed by atoms with Crippen molar-refractivity contribution in [2.75, 3.05) is 11.9 Å². The molecule has 0 radical (unpaired) electrons. The molecule has 2 bridgehead atoms. The summed E-state index contributed by atoms with van der Waals surface area (Å²) in [6, 6.07) is 0. The first-order chi connectivity index (χ1) is 12.0. The Hall–Kier alpha value is 0.280. The van der Waals surface area contributed by atoms with Crippen molar-refractivity contribution in [1.82, 2.24) is 0 Å². The van der Waals surface area contributed by atoms with E-state index < -0.39 is 17.7 Å². The van der Waals surface area contributed by atoms with E-state index in [1.165, 1.54) is 6.42 Å². The summed E-state index contributed by atoms with van der Waals surface area (Å²) in [5.74, 6) is 0.913. The van der Waals surface area contributed by atoms with Gasteiger partial charge in [0.1, 0.15) is 0 Å². The number of ether oxygens (including phenoxy) is 3. The molecule has 5 fully saturated rings. The molecule has 5 rings (SSSR count). The molecule has 4 aliphatic heterocycles. The molecule has 0 aromatic heterocycles. The third kappa shape index (κ3) is 3.01. The van der Waals surface area contributed by atoms with Gasteiger partial charge in [-0.25, -0.2) is 9.78 Å². The van der Waals surface area contributed by atoms with Crippen molar-refractivity contribution in [3.8, 4) is 0 Å². The standard InChI is InChI=1S/C19H31BrO5/c1-12-6-7-15-13(2)16(21-11-5-4-10-20)22-17-19(15)14(12)8-9-18(3,23-17)24-25-19/h12-17H,4-11H2,1-3H3/t12-,13-,14?,15+,16+,17-,18?,19-/m1/s1. The molecule has 1 saturated carbocycles. The van der Waals surface area contributed by atoms with Crippen LogP contribution in [0, 0.1) is 23.7 Å². The second-order valence-electron chi connectivity index (χ2n) is 8.54. The molecule has 2 unspecified atom stereocenters. The minimum Gasteiger partial charge on any atom is -0.352 e. The first kappa shape index (κ1) is 18.6. The van der Waals surface area contributed by atoms with E-state index >= 15 is 0 Å². The van der Waals surface area contributed by atoms with Gasteiger partial charge in [-0.05, 0) is 50.9 Å². The van der Waals surface area contributed by atoms with Gasteiger partial charge in [0.15, 0.2) is 18.2 Å². The molecular formula is C19H31BrO5. The highest BCUT2D eigenvalue weighted by Gasteiger charge is 2.69. The average molecular weight is 419 g/mol. The van der Waals surface area contributed by atoms with Crippen LogP contribution in [0.15, 0.2) is 0 Å². The van der Waals surface area contributed by atoms with E-state index in [4.69, 9.17) is 24.0 Å². The fraction of sp³-hybridized carbons (Fsp3) is 1.00. The van der Waals surface area contributed by atoms with Crippen LogP contribution in [0.25, 0.3) is 0 Å². The summed E-state index contributed by atoms with van der Waals surface area (Å²) < 4.78 is 18.8. The number of hydrogen-bond acceptors (Lipinski definition) is 5. The molecule has 0 aromatic rings. The summed E-state index contributed by atoms with van der Waals surface area (Å²) in [6.07, 6.45) is 5.78. The number of rotatable bonds is 5. The highest BCUT2D eigenvalue weighted by atomic mass is 79.9. The van der Waals surface area contributed by atoms with Crippen molar-refractivity contribution >= 4 is 15.9 Å². The van der Waals surface area contributed by atoms with Gasteiger partial charge in [-0.2, -0.15) is 0 Å². The van der Waals surface area contributed by atoms with E-state index in [1.54, 1.807) is 0 Å². The van der Waals surface area contributed by atoms with Crippen molar-refractivity contribution in [3.05, 3.63) is 0 Å². The second kappa shape index (κ2) is 7.02. The third-order valence-corrected chi connectivity index (χ3v) is 7.47. The summed E-state index contributed by atoms with van der Waals surface area (Å²) in [7, 11) is 0. The molecule has 0 amide bonds. The third-order valence-electron chi connectivity index (χ3n) is 6.91.